The lowest BCUT2D eigenvalue weighted by atomic mass is 9.57. The molecule has 5 aromatic rings. The highest BCUT2D eigenvalue weighted by Crippen LogP contribution is 2.61. The summed E-state index contributed by atoms with van der Waals surface area (Å²) in [5, 5.41) is 11.7. The molecule has 36 heavy (non-hydrogen) atoms. The Morgan fingerprint density at radius 1 is 0.611 bits per heavy atom. The third-order valence-electron chi connectivity index (χ3n) is 7.99. The van der Waals surface area contributed by atoms with Crippen molar-refractivity contribution in [3.8, 4) is 0 Å². The van der Waals surface area contributed by atoms with Gasteiger partial charge >= 0.3 is 0 Å². The van der Waals surface area contributed by atoms with E-state index in [1.54, 1.807) is 0 Å². The van der Waals surface area contributed by atoms with Crippen LogP contribution in [0.15, 0.2) is 121 Å². The molecule has 2 aliphatic rings. The van der Waals surface area contributed by atoms with E-state index in [-0.39, 0.29) is 0 Å². The van der Waals surface area contributed by atoms with Crippen molar-refractivity contribution >= 4 is 17.1 Å². The average molecular weight is 466 g/mol. The van der Waals surface area contributed by atoms with Gasteiger partial charge in [0.25, 0.3) is 0 Å². The Morgan fingerprint density at radius 3 is 1.83 bits per heavy atom. The zero-order valence-corrected chi connectivity index (χ0v) is 20.2. The first kappa shape index (κ1) is 21.2. The van der Waals surface area contributed by atoms with Crippen molar-refractivity contribution in [2.75, 3.05) is 4.90 Å². The van der Waals surface area contributed by atoms with Gasteiger partial charge in [0.05, 0.1) is 16.8 Å². The minimum atomic E-state index is -0.653. The second-order valence-corrected chi connectivity index (χ2v) is 9.72. The van der Waals surface area contributed by atoms with Crippen LogP contribution in [-0.4, -0.2) is 5.11 Å². The van der Waals surface area contributed by atoms with Crippen LogP contribution in [0.2, 0.25) is 0 Å². The highest BCUT2D eigenvalue weighted by atomic mass is 16.3. The monoisotopic (exact) mass is 465 g/mol. The van der Waals surface area contributed by atoms with Crippen molar-refractivity contribution < 1.29 is 5.11 Å². The van der Waals surface area contributed by atoms with Gasteiger partial charge in [-0.2, -0.15) is 0 Å². The number of aryl methyl sites for hydroxylation is 1. The van der Waals surface area contributed by atoms with E-state index in [2.05, 4.69) is 127 Å². The second kappa shape index (κ2) is 7.94. The summed E-state index contributed by atoms with van der Waals surface area (Å²) in [5.74, 6) is 0. The molecule has 1 heterocycles. The molecule has 7 rings (SSSR count). The third kappa shape index (κ3) is 2.71. The van der Waals surface area contributed by atoms with Crippen LogP contribution in [-0.2, 0) is 11.8 Å². The first-order valence-corrected chi connectivity index (χ1v) is 12.7. The lowest BCUT2D eigenvalue weighted by molar-refractivity contribution is 0.212. The van der Waals surface area contributed by atoms with Crippen molar-refractivity contribution in [3.05, 3.63) is 160 Å². The van der Waals surface area contributed by atoms with Crippen LogP contribution in [0.4, 0.5) is 17.1 Å². The van der Waals surface area contributed by atoms with Gasteiger partial charge in [-0.1, -0.05) is 104 Å². The maximum Gasteiger partial charge on any atom is 0.105 e. The Kier molecular flexibility index (Phi) is 4.67. The van der Waals surface area contributed by atoms with E-state index in [1.807, 2.05) is 6.07 Å². The molecule has 0 bridgehead atoms. The fourth-order valence-electron chi connectivity index (χ4n) is 6.47. The van der Waals surface area contributed by atoms with Gasteiger partial charge in [-0.25, -0.2) is 0 Å². The molecule has 2 nitrogen and oxygen atoms in total. The van der Waals surface area contributed by atoms with Crippen LogP contribution in [0.25, 0.3) is 0 Å². The Morgan fingerprint density at radius 2 is 1.17 bits per heavy atom. The van der Waals surface area contributed by atoms with Gasteiger partial charge in [0.2, 0.25) is 0 Å². The number of benzene rings is 5. The maximum absolute atomic E-state index is 11.7. The molecule has 1 spiro atoms. The summed E-state index contributed by atoms with van der Waals surface area (Å²) in [4.78, 5) is 2.38. The van der Waals surface area contributed by atoms with Crippen LogP contribution in [0.1, 0.15) is 52.0 Å². The van der Waals surface area contributed by atoms with Gasteiger partial charge in [0.15, 0.2) is 0 Å². The largest absolute Gasteiger partial charge is 0.384 e. The molecule has 0 saturated heterocycles. The molecule has 2 heteroatoms. The van der Waals surface area contributed by atoms with E-state index in [0.717, 1.165) is 28.8 Å². The first-order valence-electron chi connectivity index (χ1n) is 12.7. The number of rotatable bonds is 2. The van der Waals surface area contributed by atoms with Crippen LogP contribution >= 0.6 is 0 Å². The van der Waals surface area contributed by atoms with Crippen molar-refractivity contribution in [1.29, 1.82) is 0 Å². The Hall–Kier alpha value is -4.14. The molecular formula is C34H27NO. The van der Waals surface area contributed by atoms with E-state index in [4.69, 9.17) is 0 Å². The summed E-state index contributed by atoms with van der Waals surface area (Å²) in [7, 11) is 0. The smallest absolute Gasteiger partial charge is 0.105 e. The zero-order valence-electron chi connectivity index (χ0n) is 20.2. The predicted octanol–water partition coefficient (Wildman–Crippen LogP) is 7.81. The van der Waals surface area contributed by atoms with Crippen molar-refractivity contribution in [1.82, 2.24) is 0 Å². The van der Waals surface area contributed by atoms with E-state index < -0.39 is 11.5 Å². The highest BCUT2D eigenvalue weighted by molar-refractivity contribution is 5.90. The topological polar surface area (TPSA) is 23.5 Å². The average Bonchev–Trinajstić information content (AvgIpc) is 2.95. The Balaban J connectivity index is 1.66. The lowest BCUT2D eigenvalue weighted by Crippen LogP contribution is -2.41. The SMILES string of the molecule is CCc1ccc2c(c1)C(O)c1ccccc1C21c2ccccc2N(c2ccccc2)c2ccccc21. The van der Waals surface area contributed by atoms with E-state index >= 15 is 0 Å². The molecule has 0 radical (unpaired) electrons. The van der Waals surface area contributed by atoms with Crippen molar-refractivity contribution in [2.45, 2.75) is 24.9 Å². The fourth-order valence-corrected chi connectivity index (χ4v) is 6.47. The van der Waals surface area contributed by atoms with Crippen molar-refractivity contribution in [2.24, 2.45) is 0 Å². The fraction of sp³-hybridized carbons (Fsp3) is 0.118. The number of aliphatic hydroxyl groups excluding tert-OH is 1. The summed E-state index contributed by atoms with van der Waals surface area (Å²) in [6.45, 7) is 2.17. The summed E-state index contributed by atoms with van der Waals surface area (Å²) >= 11 is 0. The minimum absolute atomic E-state index is 0.532. The molecule has 0 saturated carbocycles. The van der Waals surface area contributed by atoms with Crippen LogP contribution in [0.5, 0.6) is 0 Å². The van der Waals surface area contributed by atoms with Gasteiger partial charge < -0.3 is 10.0 Å². The number of anilines is 3. The normalized spacial score (nSPS) is 16.6. The number of hydrogen-bond acceptors (Lipinski definition) is 2. The number of nitrogens with zero attached hydrogens (tertiary/aromatic N) is 1. The molecule has 1 N–H and O–H groups in total. The molecule has 174 valence electrons. The second-order valence-electron chi connectivity index (χ2n) is 9.72. The van der Waals surface area contributed by atoms with Crippen LogP contribution in [0, 0.1) is 0 Å². The molecule has 0 aromatic heterocycles. The summed E-state index contributed by atoms with van der Waals surface area (Å²) in [6, 6.07) is 43.3. The minimum Gasteiger partial charge on any atom is -0.384 e. The molecule has 1 aliphatic carbocycles. The standard InChI is InChI=1S/C34H27NO/c1-2-23-20-21-28-26(22-23)33(36)25-14-6-7-15-27(25)34(28)29-16-8-10-18-31(29)35(24-12-4-3-5-13-24)32-19-11-9-17-30(32)34/h3-22,33,36H,2H2,1H3. The molecule has 5 aromatic carbocycles. The molecule has 1 aliphatic heterocycles. The van der Waals surface area contributed by atoms with Gasteiger partial charge in [-0.3, -0.25) is 0 Å². The predicted molar refractivity (Wildman–Crippen MR) is 146 cm³/mol. The summed E-state index contributed by atoms with van der Waals surface area (Å²) in [6.07, 6.45) is 0.281. The summed E-state index contributed by atoms with van der Waals surface area (Å²) in [5.41, 5.74) is 11.0. The molecule has 1 unspecified atom stereocenters. The maximum atomic E-state index is 11.7. The number of hydrogen-bond donors (Lipinski definition) is 1. The van der Waals surface area contributed by atoms with E-state index in [0.29, 0.717) is 0 Å². The van der Waals surface area contributed by atoms with Gasteiger partial charge in [0, 0.05) is 5.69 Å². The first-order chi connectivity index (χ1) is 17.7. The van der Waals surface area contributed by atoms with Crippen LogP contribution in [0.3, 0.4) is 0 Å². The third-order valence-corrected chi connectivity index (χ3v) is 7.99. The number of fused-ring (bicyclic) bond motifs is 8. The lowest BCUT2D eigenvalue weighted by Gasteiger charge is -2.50. The summed E-state index contributed by atoms with van der Waals surface area (Å²) < 4.78 is 0. The number of aliphatic hydroxyl groups is 1. The highest BCUT2D eigenvalue weighted by Gasteiger charge is 2.51. The van der Waals surface area contributed by atoms with E-state index in [1.165, 1.54) is 33.6 Å². The molecule has 1 atom stereocenters. The van der Waals surface area contributed by atoms with Gasteiger partial charge in [-0.15, -0.1) is 0 Å². The molecule has 0 amide bonds. The molecule has 0 fully saturated rings. The van der Waals surface area contributed by atoms with Gasteiger partial charge in [0.1, 0.15) is 6.10 Å². The Bertz CT molecular complexity index is 1560. The zero-order chi connectivity index (χ0) is 24.3. The number of para-hydroxylation sites is 3. The van der Waals surface area contributed by atoms with Gasteiger partial charge in [-0.05, 0) is 69.6 Å². The molecular weight excluding hydrogens is 438 g/mol. The van der Waals surface area contributed by atoms with Crippen LogP contribution < -0.4 is 4.90 Å². The Labute approximate surface area is 212 Å². The van der Waals surface area contributed by atoms with E-state index in [9.17, 15) is 5.11 Å². The quantitative estimate of drug-likeness (QED) is 0.282. The van der Waals surface area contributed by atoms with Crippen molar-refractivity contribution in [3.63, 3.8) is 0 Å².